The van der Waals surface area contributed by atoms with Crippen molar-refractivity contribution >= 4 is 17.6 Å². The maximum absolute atomic E-state index is 11.6. The molecule has 0 aliphatic carbocycles. The van der Waals surface area contributed by atoms with Gasteiger partial charge >= 0.3 is 5.97 Å². The van der Waals surface area contributed by atoms with E-state index in [1.165, 1.54) is 10.6 Å². The number of hydrogen-bond acceptors (Lipinski definition) is 4. The number of aliphatic carboxylic acids is 1. The van der Waals surface area contributed by atoms with Crippen molar-refractivity contribution in [2.45, 2.75) is 19.4 Å². The number of carbonyl (C=O) groups excluding carboxylic acids is 1. The van der Waals surface area contributed by atoms with Crippen molar-refractivity contribution < 1.29 is 14.7 Å². The van der Waals surface area contributed by atoms with Crippen LogP contribution in [0.2, 0.25) is 0 Å². The summed E-state index contributed by atoms with van der Waals surface area (Å²) in [5.41, 5.74) is -0.200. The summed E-state index contributed by atoms with van der Waals surface area (Å²) in [6.07, 6.45) is 1.89. The topological polar surface area (TPSA) is 92.0 Å². The van der Waals surface area contributed by atoms with Crippen molar-refractivity contribution in [1.82, 2.24) is 9.58 Å². The van der Waals surface area contributed by atoms with E-state index in [9.17, 15) is 14.4 Å². The predicted molar refractivity (Wildman–Crippen MR) is 66.7 cm³/mol. The molecule has 1 aliphatic rings. The van der Waals surface area contributed by atoms with Gasteiger partial charge in [-0.2, -0.15) is 5.10 Å². The molecule has 0 radical (unpaired) electrons. The molecule has 0 bridgehead atoms. The number of aromatic nitrogens is 1. The van der Waals surface area contributed by atoms with Crippen molar-refractivity contribution in [1.29, 1.82) is 0 Å². The van der Waals surface area contributed by atoms with Crippen molar-refractivity contribution in [2.24, 2.45) is 5.10 Å². The number of carbonyl (C=O) groups is 2. The van der Waals surface area contributed by atoms with Crippen LogP contribution in [0.1, 0.15) is 12.8 Å². The van der Waals surface area contributed by atoms with Gasteiger partial charge in [-0.3, -0.25) is 9.59 Å². The molecule has 7 nitrogen and oxygen atoms in total. The van der Waals surface area contributed by atoms with E-state index in [4.69, 9.17) is 5.11 Å². The molecule has 19 heavy (non-hydrogen) atoms. The van der Waals surface area contributed by atoms with Crippen molar-refractivity contribution in [2.75, 3.05) is 6.54 Å². The first kappa shape index (κ1) is 13.0. The van der Waals surface area contributed by atoms with Crippen LogP contribution in [0.3, 0.4) is 0 Å². The van der Waals surface area contributed by atoms with E-state index >= 15 is 0 Å². The van der Waals surface area contributed by atoms with Crippen LogP contribution in [-0.4, -0.2) is 38.8 Å². The van der Waals surface area contributed by atoms with E-state index in [0.717, 1.165) is 5.01 Å². The Morgan fingerprint density at radius 1 is 1.26 bits per heavy atom. The van der Waals surface area contributed by atoms with Gasteiger partial charge in [0.15, 0.2) is 0 Å². The van der Waals surface area contributed by atoms with E-state index in [-0.39, 0.29) is 43.1 Å². The van der Waals surface area contributed by atoms with E-state index in [0.29, 0.717) is 0 Å². The number of hydrogen-bond donors (Lipinski definition) is 1. The summed E-state index contributed by atoms with van der Waals surface area (Å²) in [4.78, 5) is 33.9. The number of nitrogens with zero attached hydrogens (tertiary/aromatic N) is 3. The summed E-state index contributed by atoms with van der Waals surface area (Å²) in [6.45, 7) is 0.460. The first-order valence-corrected chi connectivity index (χ1v) is 5.84. The number of carboxylic acids is 1. The highest BCUT2D eigenvalue weighted by atomic mass is 16.4. The van der Waals surface area contributed by atoms with Crippen molar-refractivity contribution in [3.63, 3.8) is 0 Å². The maximum atomic E-state index is 11.6. The lowest BCUT2D eigenvalue weighted by atomic mass is 10.2. The number of hydrazone groups is 1. The fraction of sp³-hybridized carbons (Fsp3) is 0.333. The first-order chi connectivity index (χ1) is 9.08. The quantitative estimate of drug-likeness (QED) is 0.821. The molecule has 0 saturated carbocycles. The smallest absolute Gasteiger partial charge is 0.352 e. The van der Waals surface area contributed by atoms with Gasteiger partial charge in [0.1, 0.15) is 5.71 Å². The normalized spacial score (nSPS) is 15.3. The average molecular weight is 263 g/mol. The van der Waals surface area contributed by atoms with Gasteiger partial charge in [-0.05, 0) is 6.07 Å². The highest BCUT2D eigenvalue weighted by molar-refractivity contribution is 6.36. The third-order valence-electron chi connectivity index (χ3n) is 2.80. The molecule has 1 N–H and O–H groups in total. The summed E-state index contributed by atoms with van der Waals surface area (Å²) >= 11 is 0. The number of rotatable bonds is 4. The lowest BCUT2D eigenvalue weighted by Gasteiger charge is -2.22. The molecule has 0 atom stereocenters. The molecule has 2 rings (SSSR count). The van der Waals surface area contributed by atoms with Crippen LogP contribution in [0, 0.1) is 0 Å². The Hall–Kier alpha value is -2.44. The van der Waals surface area contributed by atoms with Gasteiger partial charge in [0.2, 0.25) is 5.91 Å². The van der Waals surface area contributed by atoms with Crippen LogP contribution in [0.4, 0.5) is 0 Å². The van der Waals surface area contributed by atoms with Crippen LogP contribution in [-0.2, 0) is 16.1 Å². The molecule has 0 fully saturated rings. The highest BCUT2D eigenvalue weighted by Gasteiger charge is 2.23. The van der Waals surface area contributed by atoms with Gasteiger partial charge in [-0.1, -0.05) is 6.07 Å². The molecule has 0 saturated heterocycles. The van der Waals surface area contributed by atoms with Crippen LogP contribution in [0.5, 0.6) is 0 Å². The second kappa shape index (κ2) is 5.47. The van der Waals surface area contributed by atoms with Crippen molar-refractivity contribution in [3.05, 3.63) is 34.7 Å². The molecule has 1 amide bonds. The average Bonchev–Trinajstić information content (AvgIpc) is 2.39. The summed E-state index contributed by atoms with van der Waals surface area (Å²) < 4.78 is 1.44. The zero-order valence-electron chi connectivity index (χ0n) is 10.2. The minimum absolute atomic E-state index is 0.0278. The predicted octanol–water partition coefficient (Wildman–Crippen LogP) is -0.0887. The van der Waals surface area contributed by atoms with Crippen LogP contribution in [0.25, 0.3) is 0 Å². The summed E-state index contributed by atoms with van der Waals surface area (Å²) in [5.74, 6) is -1.34. The Balaban J connectivity index is 2.08. The van der Waals surface area contributed by atoms with Gasteiger partial charge < -0.3 is 9.67 Å². The second-order valence-corrected chi connectivity index (χ2v) is 4.10. The Bertz CT molecular complexity index is 591. The monoisotopic (exact) mass is 263 g/mol. The minimum atomic E-state index is -1.12. The summed E-state index contributed by atoms with van der Waals surface area (Å²) in [7, 11) is 0. The zero-order chi connectivity index (χ0) is 13.8. The highest BCUT2D eigenvalue weighted by Crippen LogP contribution is 2.09. The van der Waals surface area contributed by atoms with Crippen LogP contribution < -0.4 is 5.56 Å². The molecule has 100 valence electrons. The third kappa shape index (κ3) is 3.06. The molecule has 1 aromatic rings. The molecule has 0 aromatic carbocycles. The van der Waals surface area contributed by atoms with Crippen molar-refractivity contribution in [3.8, 4) is 0 Å². The molecule has 1 aromatic heterocycles. The van der Waals surface area contributed by atoms with Gasteiger partial charge in [0.05, 0.1) is 6.54 Å². The lowest BCUT2D eigenvalue weighted by molar-refractivity contribution is -0.133. The van der Waals surface area contributed by atoms with Gasteiger partial charge in [-0.25, -0.2) is 9.80 Å². The lowest BCUT2D eigenvalue weighted by Crippen LogP contribution is -2.37. The van der Waals surface area contributed by atoms with E-state index in [2.05, 4.69) is 5.10 Å². The molecular weight excluding hydrogens is 250 g/mol. The molecule has 1 aliphatic heterocycles. The Labute approximate surface area is 108 Å². The summed E-state index contributed by atoms with van der Waals surface area (Å²) in [6, 6.07) is 4.76. The first-order valence-electron chi connectivity index (χ1n) is 5.84. The minimum Gasteiger partial charge on any atom is -0.477 e. The summed E-state index contributed by atoms with van der Waals surface area (Å²) in [5, 5.41) is 13.8. The fourth-order valence-corrected chi connectivity index (χ4v) is 1.78. The number of carboxylic acid groups (broad SMARTS) is 1. The Morgan fingerprint density at radius 3 is 2.74 bits per heavy atom. The largest absolute Gasteiger partial charge is 0.477 e. The SMILES string of the molecule is O=C(O)C1=NN(CCn2ccccc2=O)C(=O)CC1. The van der Waals surface area contributed by atoms with Crippen LogP contribution >= 0.6 is 0 Å². The van der Waals surface area contributed by atoms with Gasteiger partial charge in [0, 0.05) is 31.6 Å². The van der Waals surface area contributed by atoms with Gasteiger partial charge in [0.25, 0.3) is 5.56 Å². The van der Waals surface area contributed by atoms with Gasteiger partial charge in [-0.15, -0.1) is 0 Å². The van der Waals surface area contributed by atoms with Crippen LogP contribution in [0.15, 0.2) is 34.3 Å². The Morgan fingerprint density at radius 2 is 2.05 bits per heavy atom. The second-order valence-electron chi connectivity index (χ2n) is 4.10. The number of amides is 1. The maximum Gasteiger partial charge on any atom is 0.352 e. The Kier molecular flexibility index (Phi) is 3.74. The van der Waals surface area contributed by atoms with E-state index in [1.54, 1.807) is 18.3 Å². The molecule has 0 spiro atoms. The molecule has 7 heteroatoms. The third-order valence-corrected chi connectivity index (χ3v) is 2.80. The van der Waals surface area contributed by atoms with E-state index in [1.807, 2.05) is 0 Å². The molecule has 2 heterocycles. The standard InChI is InChI=1S/C12H13N3O4/c16-10-3-1-2-6-14(10)7-8-15-11(17)5-4-9(13-15)12(18)19/h1-3,6H,4-5,7-8H2,(H,18,19). The number of pyridine rings is 1. The molecular formula is C12H13N3O4. The zero-order valence-corrected chi connectivity index (χ0v) is 10.2. The van der Waals surface area contributed by atoms with E-state index < -0.39 is 5.97 Å². The fourth-order valence-electron chi connectivity index (χ4n) is 1.78. The molecule has 0 unspecified atom stereocenters.